The van der Waals surface area contributed by atoms with Crippen LogP contribution in [0.15, 0.2) is 18.2 Å². The number of rotatable bonds is 6. The summed E-state index contributed by atoms with van der Waals surface area (Å²) in [6.07, 6.45) is 1.50. The smallest absolute Gasteiger partial charge is 0.331 e. The molecule has 4 nitrogen and oxygen atoms in total. The van der Waals surface area contributed by atoms with Crippen molar-refractivity contribution >= 4 is 23.5 Å². The third kappa shape index (κ3) is 3.58. The van der Waals surface area contributed by atoms with Crippen molar-refractivity contribution in [2.75, 3.05) is 6.61 Å². The summed E-state index contributed by atoms with van der Waals surface area (Å²) in [5, 5.41) is 2.90. The molecule has 0 aliphatic heterocycles. The van der Waals surface area contributed by atoms with Gasteiger partial charge in [-0.15, -0.1) is 0 Å². The van der Waals surface area contributed by atoms with Gasteiger partial charge in [-0.25, -0.2) is 9.18 Å². The maximum absolute atomic E-state index is 13.7. The highest BCUT2D eigenvalue weighted by Crippen LogP contribution is 2.40. The van der Waals surface area contributed by atoms with Crippen molar-refractivity contribution in [1.29, 1.82) is 0 Å². The molecule has 1 saturated carbocycles. The number of carbonyl (C=O) groups excluding carboxylic acids is 2. The van der Waals surface area contributed by atoms with E-state index in [9.17, 15) is 14.0 Å². The molecule has 0 unspecified atom stereocenters. The fourth-order valence-electron chi connectivity index (χ4n) is 2.46. The Hall–Kier alpha value is -1.62. The molecule has 1 fully saturated rings. The van der Waals surface area contributed by atoms with Gasteiger partial charge in [-0.2, -0.15) is 0 Å². The van der Waals surface area contributed by atoms with Gasteiger partial charge in [-0.1, -0.05) is 17.7 Å². The molecule has 0 saturated heterocycles. The lowest BCUT2D eigenvalue weighted by molar-refractivity contribution is -0.153. The molecule has 1 aliphatic carbocycles. The maximum Gasteiger partial charge on any atom is 0.331 e. The quantitative estimate of drug-likeness (QED) is 0.817. The normalized spacial score (nSPS) is 16.7. The van der Waals surface area contributed by atoms with Gasteiger partial charge < -0.3 is 10.1 Å². The summed E-state index contributed by atoms with van der Waals surface area (Å²) in [4.78, 5) is 24.4. The van der Waals surface area contributed by atoms with Gasteiger partial charge in [-0.3, -0.25) is 4.79 Å². The number of hydrogen-bond donors (Lipinski definition) is 1. The second kappa shape index (κ2) is 6.65. The van der Waals surface area contributed by atoms with Crippen molar-refractivity contribution in [2.45, 2.75) is 38.6 Å². The first-order chi connectivity index (χ1) is 10.4. The Kier molecular flexibility index (Phi) is 5.06. The molecule has 120 valence electrons. The first kappa shape index (κ1) is 16.7. The summed E-state index contributed by atoms with van der Waals surface area (Å²) in [5.41, 5.74) is -0.936. The number of nitrogens with one attached hydrogen (secondary N) is 1. The summed E-state index contributed by atoms with van der Waals surface area (Å²) in [7, 11) is 0. The van der Waals surface area contributed by atoms with Gasteiger partial charge in [0.25, 0.3) is 0 Å². The molecular weight excluding hydrogens is 309 g/mol. The Bertz CT molecular complexity index is 569. The SMILES string of the molecule is CCOC(=O)[C@](C)(NC(=O)Cc1c(F)cccc1Cl)C1CC1. The second-order valence-corrected chi connectivity index (χ2v) is 6.03. The van der Waals surface area contributed by atoms with Crippen molar-refractivity contribution in [1.82, 2.24) is 5.32 Å². The highest BCUT2D eigenvalue weighted by molar-refractivity contribution is 6.31. The van der Waals surface area contributed by atoms with Crippen LogP contribution in [0.2, 0.25) is 5.02 Å². The van der Waals surface area contributed by atoms with E-state index < -0.39 is 23.2 Å². The van der Waals surface area contributed by atoms with E-state index in [1.165, 1.54) is 18.2 Å². The van der Waals surface area contributed by atoms with Gasteiger partial charge in [0.1, 0.15) is 11.4 Å². The fraction of sp³-hybridized carbons (Fsp3) is 0.500. The highest BCUT2D eigenvalue weighted by atomic mass is 35.5. The topological polar surface area (TPSA) is 55.4 Å². The lowest BCUT2D eigenvalue weighted by Crippen LogP contribution is -2.55. The lowest BCUT2D eigenvalue weighted by Gasteiger charge is -2.28. The van der Waals surface area contributed by atoms with E-state index in [-0.39, 0.29) is 29.5 Å². The Morgan fingerprint density at radius 3 is 2.68 bits per heavy atom. The zero-order chi connectivity index (χ0) is 16.3. The number of benzene rings is 1. The number of hydrogen-bond acceptors (Lipinski definition) is 3. The van der Waals surface area contributed by atoms with Crippen molar-refractivity contribution in [2.24, 2.45) is 5.92 Å². The zero-order valence-corrected chi connectivity index (χ0v) is 13.4. The maximum atomic E-state index is 13.7. The number of ether oxygens (including phenoxy) is 1. The van der Waals surface area contributed by atoms with E-state index in [2.05, 4.69) is 5.32 Å². The predicted octanol–water partition coefficient (Wildman–Crippen LogP) is 2.87. The van der Waals surface area contributed by atoms with E-state index in [4.69, 9.17) is 16.3 Å². The molecule has 0 radical (unpaired) electrons. The van der Waals surface area contributed by atoms with E-state index >= 15 is 0 Å². The number of esters is 1. The molecule has 1 aliphatic rings. The van der Waals surface area contributed by atoms with Crippen LogP contribution in [-0.2, 0) is 20.7 Å². The minimum Gasteiger partial charge on any atom is -0.464 e. The van der Waals surface area contributed by atoms with Gasteiger partial charge >= 0.3 is 5.97 Å². The van der Waals surface area contributed by atoms with Gasteiger partial charge in [0.15, 0.2) is 0 Å². The van der Waals surface area contributed by atoms with Crippen molar-refractivity contribution in [3.63, 3.8) is 0 Å². The molecule has 1 aromatic rings. The molecule has 2 rings (SSSR count). The van der Waals surface area contributed by atoms with Crippen LogP contribution in [0, 0.1) is 11.7 Å². The van der Waals surface area contributed by atoms with Gasteiger partial charge in [0.05, 0.1) is 13.0 Å². The lowest BCUT2D eigenvalue weighted by atomic mass is 9.95. The molecule has 0 aromatic heterocycles. The molecule has 6 heteroatoms. The number of carbonyl (C=O) groups is 2. The monoisotopic (exact) mass is 327 g/mol. The van der Waals surface area contributed by atoms with E-state index in [1.807, 2.05) is 0 Å². The van der Waals surface area contributed by atoms with Crippen LogP contribution in [0.4, 0.5) is 4.39 Å². The van der Waals surface area contributed by atoms with Gasteiger partial charge in [-0.05, 0) is 44.7 Å². The molecule has 0 heterocycles. The molecule has 1 aromatic carbocycles. The summed E-state index contributed by atoms with van der Waals surface area (Å²) < 4.78 is 18.8. The Labute approximate surface area is 134 Å². The van der Waals surface area contributed by atoms with Crippen LogP contribution < -0.4 is 5.32 Å². The van der Waals surface area contributed by atoms with Gasteiger partial charge in [0.2, 0.25) is 5.91 Å². The molecule has 22 heavy (non-hydrogen) atoms. The summed E-state index contributed by atoms with van der Waals surface area (Å²) in [6, 6.07) is 4.25. The largest absolute Gasteiger partial charge is 0.464 e. The minimum absolute atomic E-state index is 0.0617. The predicted molar refractivity (Wildman–Crippen MR) is 81.0 cm³/mol. The Balaban J connectivity index is 2.10. The van der Waals surface area contributed by atoms with Crippen LogP contribution in [0.1, 0.15) is 32.3 Å². The van der Waals surface area contributed by atoms with Crippen LogP contribution in [-0.4, -0.2) is 24.0 Å². The summed E-state index contributed by atoms with van der Waals surface area (Å²) in [5.74, 6) is -1.38. The van der Waals surface area contributed by atoms with Crippen LogP contribution in [0.5, 0.6) is 0 Å². The Morgan fingerprint density at radius 1 is 1.45 bits per heavy atom. The molecule has 0 bridgehead atoms. The van der Waals surface area contributed by atoms with Crippen molar-refractivity contribution in [3.05, 3.63) is 34.6 Å². The summed E-state index contributed by atoms with van der Waals surface area (Å²) in [6.45, 7) is 3.62. The minimum atomic E-state index is -1.06. The van der Waals surface area contributed by atoms with Crippen molar-refractivity contribution in [3.8, 4) is 0 Å². The van der Waals surface area contributed by atoms with Crippen LogP contribution in [0.25, 0.3) is 0 Å². The second-order valence-electron chi connectivity index (χ2n) is 5.62. The third-order valence-electron chi connectivity index (χ3n) is 3.89. The molecule has 1 atom stereocenters. The van der Waals surface area contributed by atoms with Crippen LogP contribution >= 0.6 is 11.6 Å². The number of amides is 1. The average molecular weight is 328 g/mol. The molecule has 0 spiro atoms. The van der Waals surface area contributed by atoms with Crippen molar-refractivity contribution < 1.29 is 18.7 Å². The Morgan fingerprint density at radius 2 is 2.14 bits per heavy atom. The summed E-state index contributed by atoms with van der Waals surface area (Å²) >= 11 is 5.92. The molecule has 1 N–H and O–H groups in total. The van der Waals surface area contributed by atoms with E-state index in [0.717, 1.165) is 12.8 Å². The molecular formula is C16H19ClFNO3. The standard InChI is InChI=1S/C16H19ClFNO3/c1-3-22-15(21)16(2,10-7-8-10)19-14(20)9-11-12(17)5-4-6-13(11)18/h4-6,10H,3,7-9H2,1-2H3,(H,19,20)/t16-/m1/s1. The van der Waals surface area contributed by atoms with Crippen LogP contribution in [0.3, 0.4) is 0 Å². The molecule has 1 amide bonds. The fourth-order valence-corrected chi connectivity index (χ4v) is 2.69. The van der Waals surface area contributed by atoms with E-state index in [1.54, 1.807) is 13.8 Å². The first-order valence-corrected chi connectivity index (χ1v) is 7.67. The average Bonchev–Trinajstić information content (AvgIpc) is 3.28. The van der Waals surface area contributed by atoms with Gasteiger partial charge in [0, 0.05) is 10.6 Å². The number of halogens is 2. The zero-order valence-electron chi connectivity index (χ0n) is 12.6. The van der Waals surface area contributed by atoms with E-state index in [0.29, 0.717) is 0 Å². The highest BCUT2D eigenvalue weighted by Gasteiger charge is 2.49. The third-order valence-corrected chi connectivity index (χ3v) is 4.25. The first-order valence-electron chi connectivity index (χ1n) is 7.29.